The Balaban J connectivity index is 2.15. The van der Waals surface area contributed by atoms with Gasteiger partial charge in [0.15, 0.2) is 0 Å². The quantitative estimate of drug-likeness (QED) is 0.672. The summed E-state index contributed by atoms with van der Waals surface area (Å²) < 4.78 is 56.7. The summed E-state index contributed by atoms with van der Waals surface area (Å²) in [7, 11) is 1.41. The van der Waals surface area contributed by atoms with E-state index in [1.165, 1.54) is 13.2 Å². The molecule has 0 atom stereocenters. The van der Waals surface area contributed by atoms with Crippen molar-refractivity contribution in [3.05, 3.63) is 17.9 Å². The molecule has 1 saturated heterocycles. The fraction of sp³-hybridized carbons (Fsp3) is 0.538. The molecular formula is C13H16F4N2O. The Hall–Kier alpha value is -1.66. The Bertz CT molecular complexity index is 482. The van der Waals surface area contributed by atoms with Gasteiger partial charge in [0.1, 0.15) is 11.6 Å². The first-order valence-electron chi connectivity index (χ1n) is 6.27. The van der Waals surface area contributed by atoms with Crippen molar-refractivity contribution in [2.24, 2.45) is 5.92 Å². The lowest BCUT2D eigenvalue weighted by Crippen LogP contribution is -2.39. The molecule has 0 amide bonds. The second-order valence-corrected chi connectivity index (χ2v) is 4.85. The molecule has 0 saturated carbocycles. The fourth-order valence-corrected chi connectivity index (χ4v) is 2.42. The minimum atomic E-state index is -4.18. The first-order chi connectivity index (χ1) is 9.32. The number of nitrogens with two attached hydrogens (primary N) is 1. The van der Waals surface area contributed by atoms with Crippen molar-refractivity contribution in [2.75, 3.05) is 30.8 Å². The lowest BCUT2D eigenvalue weighted by Gasteiger charge is -2.34. The maximum Gasteiger partial charge on any atom is 0.391 e. The number of alkyl halides is 3. The number of anilines is 2. The number of methoxy groups -OCH3 is 1. The van der Waals surface area contributed by atoms with E-state index in [2.05, 4.69) is 0 Å². The van der Waals surface area contributed by atoms with Crippen molar-refractivity contribution in [3.63, 3.8) is 0 Å². The van der Waals surface area contributed by atoms with Crippen LogP contribution in [0, 0.1) is 11.7 Å². The summed E-state index contributed by atoms with van der Waals surface area (Å²) in [6, 6.07) is 2.56. The van der Waals surface area contributed by atoms with Gasteiger partial charge >= 0.3 is 6.18 Å². The molecular weight excluding hydrogens is 276 g/mol. The Labute approximate surface area is 114 Å². The third kappa shape index (κ3) is 2.91. The molecule has 0 spiro atoms. The second kappa shape index (κ2) is 5.38. The van der Waals surface area contributed by atoms with Gasteiger partial charge in [-0.25, -0.2) is 4.39 Å². The van der Waals surface area contributed by atoms with E-state index >= 15 is 0 Å². The monoisotopic (exact) mass is 292 g/mol. The van der Waals surface area contributed by atoms with Crippen molar-refractivity contribution < 1.29 is 22.3 Å². The van der Waals surface area contributed by atoms with Crippen LogP contribution in [0.15, 0.2) is 12.1 Å². The van der Waals surface area contributed by atoms with E-state index in [9.17, 15) is 17.6 Å². The summed E-state index contributed by atoms with van der Waals surface area (Å²) in [6.07, 6.45) is -4.24. The molecule has 3 nitrogen and oxygen atoms in total. The molecule has 7 heteroatoms. The molecule has 1 aromatic rings. The Morgan fingerprint density at radius 1 is 1.25 bits per heavy atom. The van der Waals surface area contributed by atoms with Crippen LogP contribution >= 0.6 is 0 Å². The fourth-order valence-electron chi connectivity index (χ4n) is 2.42. The lowest BCUT2D eigenvalue weighted by molar-refractivity contribution is -0.179. The highest BCUT2D eigenvalue weighted by molar-refractivity contribution is 5.63. The number of halogens is 4. The lowest BCUT2D eigenvalue weighted by atomic mass is 9.96. The molecule has 1 aliphatic rings. The summed E-state index contributed by atoms with van der Waals surface area (Å²) >= 11 is 0. The number of piperidine rings is 1. The number of hydrogen-bond donors (Lipinski definition) is 1. The molecule has 1 aromatic carbocycles. The van der Waals surface area contributed by atoms with Crippen molar-refractivity contribution >= 4 is 11.4 Å². The van der Waals surface area contributed by atoms with Gasteiger partial charge in [0.05, 0.1) is 24.4 Å². The van der Waals surface area contributed by atoms with Crippen LogP contribution in [0.5, 0.6) is 5.75 Å². The number of hydrogen-bond acceptors (Lipinski definition) is 3. The average Bonchev–Trinajstić information content (AvgIpc) is 2.38. The minimum absolute atomic E-state index is 0.0321. The maximum atomic E-state index is 13.9. The Kier molecular flexibility index (Phi) is 3.96. The predicted octanol–water partition coefficient (Wildman–Crippen LogP) is 3.20. The van der Waals surface area contributed by atoms with E-state index < -0.39 is 17.9 Å². The molecule has 0 radical (unpaired) electrons. The van der Waals surface area contributed by atoms with Crippen LogP contribution in [0.25, 0.3) is 0 Å². The normalized spacial score (nSPS) is 17.4. The molecule has 0 aliphatic carbocycles. The van der Waals surface area contributed by atoms with E-state index in [0.717, 1.165) is 6.07 Å². The summed E-state index contributed by atoms with van der Waals surface area (Å²) in [5.74, 6) is -1.54. The van der Waals surface area contributed by atoms with E-state index in [4.69, 9.17) is 10.5 Å². The van der Waals surface area contributed by atoms with Gasteiger partial charge in [-0.05, 0) is 12.8 Å². The van der Waals surface area contributed by atoms with Crippen molar-refractivity contribution in [1.82, 2.24) is 0 Å². The van der Waals surface area contributed by atoms with Crippen LogP contribution in [0.1, 0.15) is 12.8 Å². The van der Waals surface area contributed by atoms with Crippen molar-refractivity contribution in [1.29, 1.82) is 0 Å². The SMILES string of the molecule is COc1cc(N2CCC(C(F)(F)F)CC2)c(F)cc1N. The number of nitrogen functional groups attached to an aromatic ring is 1. The van der Waals surface area contributed by atoms with E-state index in [1.54, 1.807) is 4.90 Å². The second-order valence-electron chi connectivity index (χ2n) is 4.85. The zero-order valence-corrected chi connectivity index (χ0v) is 11.0. The zero-order chi connectivity index (χ0) is 14.9. The molecule has 2 rings (SSSR count). The van der Waals surface area contributed by atoms with Crippen molar-refractivity contribution in [3.8, 4) is 5.75 Å². The van der Waals surface area contributed by atoms with Gasteiger partial charge < -0.3 is 15.4 Å². The highest BCUT2D eigenvalue weighted by atomic mass is 19.4. The number of benzene rings is 1. The molecule has 1 aliphatic heterocycles. The Morgan fingerprint density at radius 3 is 2.35 bits per heavy atom. The first-order valence-corrected chi connectivity index (χ1v) is 6.27. The van der Waals surface area contributed by atoms with Crippen LogP contribution in [0.2, 0.25) is 0 Å². The summed E-state index contributed by atoms with van der Waals surface area (Å²) in [4.78, 5) is 1.60. The van der Waals surface area contributed by atoms with Gasteiger partial charge in [0.25, 0.3) is 0 Å². The molecule has 1 fully saturated rings. The molecule has 1 heterocycles. The molecule has 112 valence electrons. The molecule has 0 aromatic heterocycles. The van der Waals surface area contributed by atoms with E-state index in [-0.39, 0.29) is 37.3 Å². The van der Waals surface area contributed by atoms with Gasteiger partial charge in [0.2, 0.25) is 0 Å². The maximum absolute atomic E-state index is 13.9. The number of nitrogens with zero attached hydrogens (tertiary/aromatic N) is 1. The standard InChI is InChI=1S/C13H16F4N2O/c1-20-12-7-11(9(14)6-10(12)18)19-4-2-8(3-5-19)13(15,16)17/h6-8H,2-5,18H2,1H3. The average molecular weight is 292 g/mol. The summed E-state index contributed by atoms with van der Waals surface area (Å²) in [6.45, 7) is 0.322. The van der Waals surface area contributed by atoms with Crippen LogP contribution in [-0.4, -0.2) is 26.4 Å². The largest absolute Gasteiger partial charge is 0.495 e. The first kappa shape index (κ1) is 14.7. The topological polar surface area (TPSA) is 38.5 Å². The van der Waals surface area contributed by atoms with Crippen LogP contribution in [0.4, 0.5) is 28.9 Å². The van der Waals surface area contributed by atoms with Gasteiger partial charge in [0, 0.05) is 25.2 Å². The summed E-state index contributed by atoms with van der Waals surface area (Å²) in [5, 5.41) is 0. The number of ether oxygens (including phenoxy) is 1. The summed E-state index contributed by atoms with van der Waals surface area (Å²) in [5.41, 5.74) is 5.98. The number of rotatable bonds is 2. The molecule has 2 N–H and O–H groups in total. The van der Waals surface area contributed by atoms with Crippen molar-refractivity contribution in [2.45, 2.75) is 19.0 Å². The highest BCUT2D eigenvalue weighted by Crippen LogP contribution is 2.37. The third-order valence-corrected chi connectivity index (χ3v) is 3.60. The van der Waals surface area contributed by atoms with Crippen LogP contribution < -0.4 is 15.4 Å². The van der Waals surface area contributed by atoms with Gasteiger partial charge in [-0.1, -0.05) is 0 Å². The van der Waals surface area contributed by atoms with Gasteiger partial charge in [-0.15, -0.1) is 0 Å². The smallest absolute Gasteiger partial charge is 0.391 e. The molecule has 0 unspecified atom stereocenters. The minimum Gasteiger partial charge on any atom is -0.495 e. The molecule has 20 heavy (non-hydrogen) atoms. The third-order valence-electron chi connectivity index (χ3n) is 3.60. The molecule has 0 bridgehead atoms. The van der Waals surface area contributed by atoms with Crippen LogP contribution in [0.3, 0.4) is 0 Å². The van der Waals surface area contributed by atoms with Gasteiger partial charge in [-0.3, -0.25) is 0 Å². The van der Waals surface area contributed by atoms with Gasteiger partial charge in [-0.2, -0.15) is 13.2 Å². The van der Waals surface area contributed by atoms with E-state index in [1.807, 2.05) is 0 Å². The van der Waals surface area contributed by atoms with E-state index in [0.29, 0.717) is 5.75 Å². The Morgan fingerprint density at radius 2 is 1.85 bits per heavy atom. The predicted molar refractivity (Wildman–Crippen MR) is 68.4 cm³/mol. The van der Waals surface area contributed by atoms with Crippen LogP contribution in [-0.2, 0) is 0 Å². The highest BCUT2D eigenvalue weighted by Gasteiger charge is 2.41. The zero-order valence-electron chi connectivity index (χ0n) is 11.0.